The number of carboxylic acids is 1. The van der Waals surface area contributed by atoms with E-state index in [0.29, 0.717) is 16.9 Å². The predicted molar refractivity (Wildman–Crippen MR) is 151 cm³/mol. The first-order valence-electron chi connectivity index (χ1n) is 12.9. The molecular formula is C31H28N4O5. The zero-order chi connectivity index (χ0) is 28.1. The van der Waals surface area contributed by atoms with Crippen LogP contribution >= 0.6 is 0 Å². The van der Waals surface area contributed by atoms with Gasteiger partial charge in [0.1, 0.15) is 5.69 Å². The number of aryl methyl sites for hydroxylation is 3. The summed E-state index contributed by atoms with van der Waals surface area (Å²) in [6.45, 7) is 1.80. The molecule has 9 heteroatoms. The van der Waals surface area contributed by atoms with E-state index in [0.717, 1.165) is 24.1 Å². The van der Waals surface area contributed by atoms with Gasteiger partial charge in [-0.05, 0) is 79.6 Å². The van der Waals surface area contributed by atoms with Crippen molar-refractivity contribution in [1.29, 1.82) is 0 Å². The third-order valence-corrected chi connectivity index (χ3v) is 6.72. The number of aromatic carboxylic acids is 1. The van der Waals surface area contributed by atoms with Crippen LogP contribution in [0.5, 0.6) is 5.75 Å². The highest BCUT2D eigenvalue weighted by Gasteiger charge is 2.16. The summed E-state index contributed by atoms with van der Waals surface area (Å²) in [4.78, 5) is 23.0. The number of para-hydroxylation sites is 1. The molecule has 0 unspecified atom stereocenters. The number of aromatic amines is 1. The molecule has 3 N–H and O–H groups in total. The monoisotopic (exact) mass is 536 g/mol. The lowest BCUT2D eigenvalue weighted by atomic mass is 9.91. The van der Waals surface area contributed by atoms with Crippen LogP contribution in [0.1, 0.15) is 40.2 Å². The quantitative estimate of drug-likeness (QED) is 0.206. The number of aromatic hydroxyl groups is 1. The number of aromatic nitrogens is 2. The average Bonchev–Trinajstić information content (AvgIpc) is 3.62. The predicted octanol–water partition coefficient (Wildman–Crippen LogP) is 7.12. The fourth-order valence-electron chi connectivity index (χ4n) is 4.66. The maximum absolute atomic E-state index is 13.1. The lowest BCUT2D eigenvalue weighted by Gasteiger charge is -2.16. The third-order valence-electron chi connectivity index (χ3n) is 6.72. The van der Waals surface area contributed by atoms with E-state index in [1.807, 2.05) is 48.5 Å². The van der Waals surface area contributed by atoms with E-state index in [9.17, 15) is 14.7 Å². The van der Waals surface area contributed by atoms with E-state index in [2.05, 4.69) is 31.9 Å². The molecule has 0 saturated heterocycles. The number of carbonyl (C=O) groups is 1. The Bertz CT molecular complexity index is 1720. The molecule has 1 aliphatic rings. The normalized spacial score (nSPS) is 12.5. The van der Waals surface area contributed by atoms with E-state index >= 15 is 0 Å². The molecular weight excluding hydrogens is 508 g/mol. The van der Waals surface area contributed by atoms with Gasteiger partial charge >= 0.3 is 5.97 Å². The SMILES string of the molecule is Cc1[nH]n(-c2ccc3c(c2)CCCC3)c(=O)c1N=Nc1cccc(-c2ccccc2)c1O.O=C(O)c1ccco1. The number of phenolic OH excluding ortho intramolecular Hbond substituents is 1. The second-order valence-corrected chi connectivity index (χ2v) is 9.41. The molecule has 2 aromatic heterocycles. The smallest absolute Gasteiger partial charge is 0.371 e. The van der Waals surface area contributed by atoms with Crippen LogP contribution in [-0.4, -0.2) is 26.0 Å². The number of hydrogen-bond acceptors (Lipinski definition) is 6. The number of benzene rings is 3. The number of H-pyrrole nitrogens is 1. The van der Waals surface area contributed by atoms with Crippen LogP contribution in [0.25, 0.3) is 16.8 Å². The Balaban J connectivity index is 0.000000348. The van der Waals surface area contributed by atoms with Crippen molar-refractivity contribution < 1.29 is 19.4 Å². The molecule has 9 nitrogen and oxygen atoms in total. The molecule has 40 heavy (non-hydrogen) atoms. The zero-order valence-electron chi connectivity index (χ0n) is 21.9. The fourth-order valence-corrected chi connectivity index (χ4v) is 4.66. The number of rotatable bonds is 5. The van der Waals surface area contributed by atoms with Crippen molar-refractivity contribution in [3.05, 3.63) is 118 Å². The summed E-state index contributed by atoms with van der Waals surface area (Å²) in [5.41, 5.74) is 5.92. The molecule has 0 amide bonds. The minimum absolute atomic E-state index is 0.0231. The van der Waals surface area contributed by atoms with Gasteiger partial charge in [0.2, 0.25) is 5.76 Å². The summed E-state index contributed by atoms with van der Waals surface area (Å²) in [6, 6.07) is 24.0. The molecule has 0 radical (unpaired) electrons. The van der Waals surface area contributed by atoms with Gasteiger partial charge in [0.15, 0.2) is 11.4 Å². The Morgan fingerprint density at radius 2 is 1.70 bits per heavy atom. The lowest BCUT2D eigenvalue weighted by Crippen LogP contribution is -2.15. The summed E-state index contributed by atoms with van der Waals surface area (Å²) in [7, 11) is 0. The Morgan fingerprint density at radius 1 is 0.925 bits per heavy atom. The molecule has 1 aliphatic carbocycles. The molecule has 0 atom stereocenters. The van der Waals surface area contributed by atoms with Crippen molar-refractivity contribution in [2.75, 3.05) is 0 Å². The van der Waals surface area contributed by atoms with Crippen molar-refractivity contribution in [1.82, 2.24) is 9.78 Å². The summed E-state index contributed by atoms with van der Waals surface area (Å²) in [5.74, 6) is -1.02. The third kappa shape index (κ3) is 5.63. The molecule has 0 spiro atoms. The number of hydrogen-bond donors (Lipinski definition) is 3. The van der Waals surface area contributed by atoms with E-state index in [4.69, 9.17) is 5.11 Å². The number of nitrogens with zero attached hydrogens (tertiary/aromatic N) is 3. The number of carboxylic acid groups (broad SMARTS) is 1. The van der Waals surface area contributed by atoms with Crippen LogP contribution in [0.15, 0.2) is 105 Å². The summed E-state index contributed by atoms with van der Waals surface area (Å²) in [6.07, 6.45) is 5.86. The Hall–Kier alpha value is -5.18. The van der Waals surface area contributed by atoms with Gasteiger partial charge in [-0.3, -0.25) is 9.89 Å². The van der Waals surface area contributed by atoms with Gasteiger partial charge in [0, 0.05) is 5.56 Å². The van der Waals surface area contributed by atoms with Crippen LogP contribution in [0.3, 0.4) is 0 Å². The lowest BCUT2D eigenvalue weighted by molar-refractivity contribution is 0.0662. The molecule has 5 aromatic rings. The maximum Gasteiger partial charge on any atom is 0.371 e. The number of nitrogens with one attached hydrogen (secondary N) is 1. The summed E-state index contributed by atoms with van der Waals surface area (Å²) >= 11 is 0. The van der Waals surface area contributed by atoms with Crippen molar-refractivity contribution in [2.45, 2.75) is 32.6 Å². The van der Waals surface area contributed by atoms with E-state index in [-0.39, 0.29) is 22.8 Å². The molecule has 0 aliphatic heterocycles. The van der Waals surface area contributed by atoms with Crippen molar-refractivity contribution >= 4 is 17.3 Å². The second-order valence-electron chi connectivity index (χ2n) is 9.41. The van der Waals surface area contributed by atoms with Gasteiger partial charge in [-0.1, -0.05) is 48.5 Å². The van der Waals surface area contributed by atoms with Crippen LogP contribution < -0.4 is 5.56 Å². The molecule has 202 valence electrons. The standard InChI is InChI=1S/C26H24N4O2.C5H4O3/c1-17-24(26(32)30(29-17)21-15-14-18-8-5-6-11-20(18)16-21)28-27-23-13-7-12-22(25(23)31)19-9-3-2-4-10-19;6-5(7)4-2-1-3-8-4/h2-4,7,9-10,12-16,29,31H,5-6,8,11H2,1H3;1-3H,(H,6,7). The van der Waals surface area contributed by atoms with Crippen molar-refractivity contribution in [3.63, 3.8) is 0 Å². The summed E-state index contributed by atoms with van der Waals surface area (Å²) in [5, 5.41) is 30.4. The molecule has 6 rings (SSSR count). The van der Waals surface area contributed by atoms with Crippen LogP contribution in [0.4, 0.5) is 11.4 Å². The first-order chi connectivity index (χ1) is 19.4. The van der Waals surface area contributed by atoms with E-state index in [1.165, 1.54) is 47.0 Å². The first kappa shape index (κ1) is 26.4. The molecule has 0 fully saturated rings. The maximum atomic E-state index is 13.1. The van der Waals surface area contributed by atoms with Crippen molar-refractivity contribution in [3.8, 4) is 22.6 Å². The Labute approximate surface area is 230 Å². The highest BCUT2D eigenvalue weighted by molar-refractivity contribution is 5.84. The fraction of sp³-hybridized carbons (Fsp3) is 0.161. The van der Waals surface area contributed by atoms with Crippen molar-refractivity contribution in [2.24, 2.45) is 10.2 Å². The molecule has 3 aromatic carbocycles. The van der Waals surface area contributed by atoms with Gasteiger partial charge in [0.05, 0.1) is 17.6 Å². The van der Waals surface area contributed by atoms with Crippen LogP contribution in [0, 0.1) is 6.92 Å². The second kappa shape index (κ2) is 11.7. The van der Waals surface area contributed by atoms with Crippen LogP contribution in [-0.2, 0) is 12.8 Å². The number of furan rings is 1. The molecule has 0 bridgehead atoms. The highest BCUT2D eigenvalue weighted by atomic mass is 16.4. The Morgan fingerprint density at radius 3 is 2.40 bits per heavy atom. The van der Waals surface area contributed by atoms with E-state index in [1.54, 1.807) is 13.0 Å². The minimum atomic E-state index is -1.03. The largest absolute Gasteiger partial charge is 0.505 e. The van der Waals surface area contributed by atoms with Gasteiger partial charge in [0.25, 0.3) is 5.56 Å². The number of phenols is 1. The van der Waals surface area contributed by atoms with Crippen LogP contribution in [0.2, 0.25) is 0 Å². The van der Waals surface area contributed by atoms with Gasteiger partial charge in [-0.2, -0.15) is 0 Å². The number of azo groups is 1. The highest BCUT2D eigenvalue weighted by Crippen LogP contribution is 2.37. The molecule has 2 heterocycles. The topological polar surface area (TPSA) is 133 Å². The zero-order valence-corrected chi connectivity index (χ0v) is 21.9. The number of fused-ring (bicyclic) bond motifs is 1. The average molecular weight is 537 g/mol. The van der Waals surface area contributed by atoms with Gasteiger partial charge in [-0.25, -0.2) is 9.48 Å². The first-order valence-corrected chi connectivity index (χ1v) is 12.9. The van der Waals surface area contributed by atoms with E-state index < -0.39 is 5.97 Å². The Kier molecular flexibility index (Phi) is 7.72. The summed E-state index contributed by atoms with van der Waals surface area (Å²) < 4.78 is 6.01. The minimum Gasteiger partial charge on any atom is -0.505 e. The van der Waals surface area contributed by atoms with Gasteiger partial charge < -0.3 is 14.6 Å². The van der Waals surface area contributed by atoms with Gasteiger partial charge in [-0.15, -0.1) is 10.2 Å². The molecule has 0 saturated carbocycles.